The Morgan fingerprint density at radius 2 is 1.89 bits per heavy atom. The Kier molecular flexibility index (Phi) is 6.91. The van der Waals surface area contributed by atoms with Crippen LogP contribution in [0.15, 0.2) is 48.5 Å². The number of benzene rings is 2. The molecule has 3 aliphatic heterocycles. The maximum Gasteiger partial charge on any atom is 0.248 e. The number of carbonyl (C=O) groups excluding carboxylic acids is 3. The minimum atomic E-state index is -0.731. The van der Waals surface area contributed by atoms with Crippen LogP contribution in [-0.4, -0.2) is 61.7 Å². The van der Waals surface area contributed by atoms with Crippen LogP contribution in [0.4, 0.5) is 11.4 Å². The molecule has 0 aromatic heterocycles. The van der Waals surface area contributed by atoms with Crippen molar-refractivity contribution in [2.75, 3.05) is 23.8 Å². The third-order valence-electron chi connectivity index (χ3n) is 7.59. The molecule has 3 amide bonds. The summed E-state index contributed by atoms with van der Waals surface area (Å²) in [5.74, 6) is -1.77. The molecule has 2 bridgehead atoms. The SMILES string of the molecule is Cc1ccc(C)c(NC(=O)C2N(CCCO)C(=O)[C@@H]3[C@@H](C(=O)Nc4ccccc4)[C@@H]4SC23CC4Br)c1. The number of nitrogens with one attached hydrogen (secondary N) is 2. The topological polar surface area (TPSA) is 98.7 Å². The van der Waals surface area contributed by atoms with Gasteiger partial charge in [0.2, 0.25) is 17.7 Å². The van der Waals surface area contributed by atoms with Gasteiger partial charge in [-0.1, -0.05) is 46.3 Å². The molecular weight excluding hydrogens is 542 g/mol. The van der Waals surface area contributed by atoms with E-state index in [9.17, 15) is 19.5 Å². The Hall–Kier alpha value is -2.36. The summed E-state index contributed by atoms with van der Waals surface area (Å²) in [5.41, 5.74) is 3.37. The molecule has 3 unspecified atom stereocenters. The number of rotatable bonds is 7. The summed E-state index contributed by atoms with van der Waals surface area (Å²) in [6.45, 7) is 4.09. The first-order chi connectivity index (χ1) is 17.3. The molecule has 2 aromatic carbocycles. The minimum Gasteiger partial charge on any atom is -0.396 e. The Morgan fingerprint density at radius 1 is 1.14 bits per heavy atom. The molecule has 2 aromatic rings. The summed E-state index contributed by atoms with van der Waals surface area (Å²) < 4.78 is -0.716. The quantitative estimate of drug-likeness (QED) is 0.440. The van der Waals surface area contributed by atoms with E-state index in [0.29, 0.717) is 18.5 Å². The van der Waals surface area contributed by atoms with Gasteiger partial charge in [-0.05, 0) is 56.0 Å². The van der Waals surface area contributed by atoms with E-state index in [0.717, 1.165) is 16.8 Å². The van der Waals surface area contributed by atoms with Gasteiger partial charge in [0.15, 0.2) is 0 Å². The summed E-state index contributed by atoms with van der Waals surface area (Å²) >= 11 is 5.38. The van der Waals surface area contributed by atoms with E-state index in [1.807, 2.05) is 62.4 Å². The van der Waals surface area contributed by atoms with E-state index < -0.39 is 22.6 Å². The summed E-state index contributed by atoms with van der Waals surface area (Å²) in [7, 11) is 0. The number of likely N-dealkylation sites (tertiary alicyclic amines) is 1. The van der Waals surface area contributed by atoms with Crippen LogP contribution in [0, 0.1) is 25.7 Å². The number of carbonyl (C=O) groups is 3. The van der Waals surface area contributed by atoms with Crippen molar-refractivity contribution in [3.63, 3.8) is 0 Å². The predicted molar refractivity (Wildman–Crippen MR) is 145 cm³/mol. The fourth-order valence-corrected chi connectivity index (χ4v) is 9.64. The van der Waals surface area contributed by atoms with Crippen molar-refractivity contribution < 1.29 is 19.5 Å². The molecule has 0 aliphatic carbocycles. The van der Waals surface area contributed by atoms with Crippen LogP contribution in [0.1, 0.15) is 24.0 Å². The van der Waals surface area contributed by atoms with Crippen molar-refractivity contribution in [3.8, 4) is 0 Å². The number of amides is 3. The molecule has 3 N–H and O–H groups in total. The Bertz CT molecular complexity index is 1190. The number of para-hydroxylation sites is 1. The Morgan fingerprint density at radius 3 is 2.61 bits per heavy atom. The zero-order chi connectivity index (χ0) is 25.6. The third kappa shape index (κ3) is 4.15. The molecule has 0 radical (unpaired) electrons. The molecule has 7 nitrogen and oxygen atoms in total. The van der Waals surface area contributed by atoms with Gasteiger partial charge >= 0.3 is 0 Å². The molecular formula is C27H30BrN3O4S. The molecule has 3 saturated heterocycles. The van der Waals surface area contributed by atoms with Crippen LogP contribution in [0.25, 0.3) is 0 Å². The second-order valence-electron chi connectivity index (χ2n) is 9.94. The van der Waals surface area contributed by atoms with Crippen molar-refractivity contribution >= 4 is 56.8 Å². The number of thioether (sulfide) groups is 1. The van der Waals surface area contributed by atoms with Gasteiger partial charge in [-0.25, -0.2) is 0 Å². The maximum absolute atomic E-state index is 13.9. The normalized spacial score (nSPS) is 30.4. The fourth-order valence-electron chi connectivity index (χ4n) is 6.03. The van der Waals surface area contributed by atoms with E-state index in [2.05, 4.69) is 26.6 Å². The molecule has 3 fully saturated rings. The third-order valence-corrected chi connectivity index (χ3v) is 10.8. The first kappa shape index (κ1) is 25.3. The molecule has 1 spiro atoms. The van der Waals surface area contributed by atoms with E-state index in [1.165, 1.54) is 0 Å². The lowest BCUT2D eigenvalue weighted by Gasteiger charge is -2.35. The van der Waals surface area contributed by atoms with Crippen molar-refractivity contribution in [1.29, 1.82) is 0 Å². The van der Waals surface area contributed by atoms with Gasteiger partial charge in [0.05, 0.1) is 16.6 Å². The lowest BCUT2D eigenvalue weighted by molar-refractivity contribution is -0.138. The molecule has 36 heavy (non-hydrogen) atoms. The van der Waals surface area contributed by atoms with Gasteiger partial charge in [-0.15, -0.1) is 11.8 Å². The number of hydrogen-bond donors (Lipinski definition) is 3. The first-order valence-corrected chi connectivity index (χ1v) is 14.0. The molecule has 6 atom stereocenters. The van der Waals surface area contributed by atoms with Crippen LogP contribution in [0.3, 0.4) is 0 Å². The van der Waals surface area contributed by atoms with Gasteiger partial charge in [-0.3, -0.25) is 14.4 Å². The summed E-state index contributed by atoms with van der Waals surface area (Å²) in [6.07, 6.45) is 0.989. The van der Waals surface area contributed by atoms with Gasteiger partial charge in [0.1, 0.15) is 6.04 Å². The van der Waals surface area contributed by atoms with Crippen LogP contribution < -0.4 is 10.6 Å². The van der Waals surface area contributed by atoms with Crippen molar-refractivity contribution in [2.24, 2.45) is 11.8 Å². The number of anilines is 2. The average Bonchev–Trinajstić information content (AvgIpc) is 3.44. The maximum atomic E-state index is 13.9. The zero-order valence-corrected chi connectivity index (χ0v) is 22.6. The fraction of sp³-hybridized carbons (Fsp3) is 0.444. The van der Waals surface area contributed by atoms with Gasteiger partial charge in [0.25, 0.3) is 0 Å². The molecule has 5 rings (SSSR count). The molecule has 3 heterocycles. The highest BCUT2D eigenvalue weighted by Crippen LogP contribution is 2.67. The Balaban J connectivity index is 1.50. The minimum absolute atomic E-state index is 0.00636. The number of hydrogen-bond acceptors (Lipinski definition) is 5. The van der Waals surface area contributed by atoms with Gasteiger partial charge < -0.3 is 20.6 Å². The number of alkyl halides is 1. The highest BCUT2D eigenvalue weighted by molar-refractivity contribution is 9.09. The number of nitrogens with zero attached hydrogens (tertiary/aromatic N) is 1. The second-order valence-corrected chi connectivity index (χ2v) is 12.7. The summed E-state index contributed by atoms with van der Waals surface area (Å²) in [5, 5.41) is 15.5. The molecule has 0 saturated carbocycles. The van der Waals surface area contributed by atoms with Crippen LogP contribution in [0.5, 0.6) is 0 Å². The molecule has 9 heteroatoms. The largest absolute Gasteiger partial charge is 0.396 e. The van der Waals surface area contributed by atoms with E-state index in [1.54, 1.807) is 16.7 Å². The van der Waals surface area contributed by atoms with E-state index in [4.69, 9.17) is 0 Å². The van der Waals surface area contributed by atoms with Gasteiger partial charge in [0, 0.05) is 34.6 Å². The summed E-state index contributed by atoms with van der Waals surface area (Å²) in [4.78, 5) is 43.0. The highest BCUT2D eigenvalue weighted by atomic mass is 79.9. The lowest BCUT2D eigenvalue weighted by Crippen LogP contribution is -2.53. The average molecular weight is 573 g/mol. The monoisotopic (exact) mass is 571 g/mol. The number of halogens is 1. The lowest BCUT2D eigenvalue weighted by atomic mass is 9.70. The molecule has 190 valence electrons. The first-order valence-electron chi connectivity index (χ1n) is 12.2. The van der Waals surface area contributed by atoms with Crippen molar-refractivity contribution in [1.82, 2.24) is 4.90 Å². The second kappa shape index (κ2) is 9.84. The predicted octanol–water partition coefficient (Wildman–Crippen LogP) is 3.73. The van der Waals surface area contributed by atoms with Crippen LogP contribution >= 0.6 is 27.7 Å². The number of fused-ring (bicyclic) bond motifs is 1. The number of aliphatic hydroxyl groups excluding tert-OH is 1. The molecule has 3 aliphatic rings. The highest BCUT2D eigenvalue weighted by Gasteiger charge is 2.75. The number of aryl methyl sites for hydroxylation is 2. The van der Waals surface area contributed by atoms with Gasteiger partial charge in [-0.2, -0.15) is 0 Å². The van der Waals surface area contributed by atoms with Crippen molar-refractivity contribution in [3.05, 3.63) is 59.7 Å². The van der Waals surface area contributed by atoms with E-state index in [-0.39, 0.29) is 41.0 Å². The summed E-state index contributed by atoms with van der Waals surface area (Å²) in [6, 6.07) is 14.4. The smallest absolute Gasteiger partial charge is 0.248 e. The zero-order valence-electron chi connectivity index (χ0n) is 20.2. The standard InChI is InChI=1S/C27H30BrN3O4S/c1-15-9-10-16(2)19(13-15)30-25(34)23-27-14-18(28)22(36-27)20(21(27)26(35)31(23)11-6-12-32)24(33)29-17-7-4-3-5-8-17/h3-5,7-10,13,18,20-23,32H,6,11-12,14H2,1-2H3,(H,29,33)(H,30,34)/t18?,20-,21+,22-,23?,27?/m1/s1. The Labute approximate surface area is 223 Å². The van der Waals surface area contributed by atoms with E-state index >= 15 is 0 Å². The number of aliphatic hydroxyl groups is 1. The van der Waals surface area contributed by atoms with Crippen LogP contribution in [0.2, 0.25) is 0 Å². The van der Waals surface area contributed by atoms with Crippen LogP contribution in [-0.2, 0) is 14.4 Å². The van der Waals surface area contributed by atoms with Crippen molar-refractivity contribution in [2.45, 2.75) is 47.6 Å².